The van der Waals surface area contributed by atoms with Crippen molar-refractivity contribution in [1.82, 2.24) is 13.4 Å². The third-order valence-corrected chi connectivity index (χ3v) is 18.6. The highest BCUT2D eigenvalue weighted by Gasteiger charge is 2.47. The van der Waals surface area contributed by atoms with Crippen molar-refractivity contribution in [3.63, 3.8) is 0 Å². The van der Waals surface area contributed by atoms with E-state index < -0.39 is 117 Å². The number of hydrogen-bond acceptors (Lipinski definition) is 16. The highest BCUT2D eigenvalue weighted by atomic mass is 19.2. The minimum absolute atomic E-state index is 0.0361. The van der Waals surface area contributed by atoms with Crippen molar-refractivity contribution in [2.45, 2.75) is 145 Å². The molecule has 0 saturated carbocycles. The van der Waals surface area contributed by atoms with Crippen LogP contribution in [-0.4, -0.2) is 118 Å². The van der Waals surface area contributed by atoms with Crippen LogP contribution in [0, 0.1) is 62.0 Å². The second kappa shape index (κ2) is 35.1. The first kappa shape index (κ1) is 88.6. The Morgan fingerprint density at radius 3 is 0.955 bits per heavy atom. The van der Waals surface area contributed by atoms with E-state index in [1.807, 2.05) is 79.7 Å². The number of rotatable bonds is 19. The monoisotopic (exact) mass is 1540 g/mol. The van der Waals surface area contributed by atoms with Crippen LogP contribution in [0.4, 0.5) is 43.4 Å². The maximum Gasteiger partial charge on any atom is 0.349 e. The number of quaternary nitrogens is 3. The van der Waals surface area contributed by atoms with E-state index in [1.54, 1.807) is 76.2 Å². The molecule has 9 N–H and O–H groups in total. The summed E-state index contributed by atoms with van der Waals surface area (Å²) in [6.07, 6.45) is 12.3. The number of carboxylic acid groups (broad SMARTS) is 1. The SMILES string of the molecule is CC(C)(C)OC(=O)C(C)(C)CCCc1ccc([N+]2(C)C(=N)C(=C(O)c3ccc(F)cc3F)C=CC2=O)cc1.CC(C)(C)OC(=O)C(C)(C)N.CC(C)(CCCc1ccc([N+]2(C)C(=N)C(=C(O)c3ccc(F)cc3F)C=CC2=O)cc1)C(=O)O.C[N+]1(c2ccc(CC=O)cc2)C(=N)C(=C(O)c2ccc(F)cc2F)C=CC1=O. The number of benzene rings is 6. The molecule has 3 unspecified atom stereocenters. The number of amides is 3. The van der Waals surface area contributed by atoms with E-state index in [1.165, 1.54) is 57.6 Å². The number of likely N-dealkylation sites (N-methyl/N-ethyl adjacent to an activating group) is 3. The van der Waals surface area contributed by atoms with Gasteiger partial charge in [0.05, 0.1) is 65.4 Å². The minimum Gasteiger partial charge on any atom is -0.506 e. The van der Waals surface area contributed by atoms with Gasteiger partial charge in [-0.15, -0.1) is 0 Å². The lowest BCUT2D eigenvalue weighted by molar-refractivity contribution is -0.166. The van der Waals surface area contributed by atoms with Gasteiger partial charge in [-0.2, -0.15) is 13.4 Å². The third-order valence-electron chi connectivity index (χ3n) is 18.6. The number of nitrogens with zero attached hydrogens (tertiary/aromatic N) is 3. The van der Waals surface area contributed by atoms with Crippen LogP contribution in [0.1, 0.15) is 142 Å². The molecule has 26 heteroatoms. The van der Waals surface area contributed by atoms with Crippen LogP contribution in [0.2, 0.25) is 0 Å². The normalized spacial score (nSPS) is 19.3. The Kier molecular flexibility index (Phi) is 28.0. The van der Waals surface area contributed by atoms with E-state index in [-0.39, 0.29) is 69.3 Å². The first-order chi connectivity index (χ1) is 51.3. The highest BCUT2D eigenvalue weighted by molar-refractivity contribution is 6.27. The number of aryl methyl sites for hydroxylation is 2. The molecule has 6 aromatic rings. The Morgan fingerprint density at radius 2 is 0.703 bits per heavy atom. The Labute approximate surface area is 641 Å². The van der Waals surface area contributed by atoms with Gasteiger partial charge in [-0.25, -0.2) is 57.0 Å². The van der Waals surface area contributed by atoms with Crippen LogP contribution in [0.3, 0.4) is 0 Å². The van der Waals surface area contributed by atoms with Gasteiger partial charge < -0.3 is 40.4 Å². The molecule has 0 spiro atoms. The summed E-state index contributed by atoms with van der Waals surface area (Å²) in [6.45, 7) is 21.3. The van der Waals surface area contributed by atoms with Crippen LogP contribution in [0.5, 0.6) is 0 Å². The second-order valence-electron chi connectivity index (χ2n) is 31.1. The third kappa shape index (κ3) is 21.4. The summed E-state index contributed by atoms with van der Waals surface area (Å²) in [6, 6.07) is 29.0. The number of aliphatic carboxylic acids is 1. The number of nitrogens with two attached hydrogens (primary N) is 1. The maximum atomic E-state index is 14.3. The van der Waals surface area contributed by atoms with Gasteiger partial charge in [-0.1, -0.05) is 36.4 Å². The van der Waals surface area contributed by atoms with E-state index in [0.29, 0.717) is 67.4 Å². The Bertz CT molecular complexity index is 4830. The molecule has 111 heavy (non-hydrogen) atoms. The molecule has 3 heterocycles. The number of halogens is 6. The van der Waals surface area contributed by atoms with Crippen molar-refractivity contribution in [3.05, 3.63) is 249 Å². The lowest BCUT2D eigenvalue weighted by atomic mass is 9.86. The standard InChI is InChI=1S/C30H34F2N2O4.C26H26F2N2O4.C21H16F2N2O3.C8H17NO2/c1-29(2,3)38-28(37)30(4,5)17-7-8-19-9-12-21(13-10-19)34(6)25(35)16-15-23(27(34)33)26(36)22-14-11-20(31)18-24(22)32;1-26(2,25(33)34)14-4-5-16-6-9-18(10-7-16)30(3)22(31)13-12-20(24(30)29)23(32)19-11-8-17(27)15-21(19)28;1-25(15-5-2-13(3-6-15)10-11-26)19(27)9-8-17(21(25)24)20(28)16-7-4-14(22)12-18(16)23;1-7(2,3)11-6(10)8(4,5)9/h9-16,18H,7-8,17H2,1-6H3,(H-,33,35,36);6-13,15H,4-5,14H2,1-3H3,(H2-,29,31,32,33,34);2-9,11-12H,10H2,1H3,(H-,24,27,28);9H2,1-5H3/p+3. The molecule has 0 saturated heterocycles. The highest BCUT2D eigenvalue weighted by Crippen LogP contribution is 2.38. The zero-order chi connectivity index (χ0) is 83.5. The van der Waals surface area contributed by atoms with Gasteiger partial charge in [-0.05, 0) is 193 Å². The molecule has 0 aliphatic carbocycles. The van der Waals surface area contributed by atoms with Crippen LogP contribution in [-0.2, 0) is 62.3 Å². The van der Waals surface area contributed by atoms with E-state index >= 15 is 0 Å². The Morgan fingerprint density at radius 1 is 0.423 bits per heavy atom. The molecule has 3 atom stereocenters. The van der Waals surface area contributed by atoms with Crippen molar-refractivity contribution in [2.75, 3.05) is 21.1 Å². The molecule has 3 aliphatic rings. The number of carbonyl (C=O) groups excluding carboxylic acids is 6. The largest absolute Gasteiger partial charge is 0.506 e. The lowest BCUT2D eigenvalue weighted by Crippen LogP contribution is -2.56. The predicted molar refractivity (Wildman–Crippen MR) is 417 cm³/mol. The lowest BCUT2D eigenvalue weighted by Gasteiger charge is -2.32. The van der Waals surface area contributed by atoms with Gasteiger partial charge in [0.1, 0.15) is 92.3 Å². The second-order valence-corrected chi connectivity index (χ2v) is 31.1. The zero-order valence-corrected chi connectivity index (χ0v) is 64.8. The van der Waals surface area contributed by atoms with E-state index in [9.17, 15) is 80.3 Å². The number of amidine groups is 3. The van der Waals surface area contributed by atoms with Crippen molar-refractivity contribution >= 4 is 93.8 Å². The Balaban J connectivity index is 0.000000245. The van der Waals surface area contributed by atoms with Crippen molar-refractivity contribution < 1.29 is 89.8 Å². The maximum absolute atomic E-state index is 14.3. The molecule has 0 bridgehead atoms. The van der Waals surface area contributed by atoms with Gasteiger partial charge in [0, 0.05) is 79.2 Å². The number of aliphatic hydroxyl groups is 3. The molecule has 3 aliphatic heterocycles. The fourth-order valence-electron chi connectivity index (χ4n) is 11.5. The van der Waals surface area contributed by atoms with Gasteiger partial charge in [0.25, 0.3) is 0 Å². The number of aliphatic hydroxyl groups excluding tert-OH is 3. The first-order valence-electron chi connectivity index (χ1n) is 35.3. The molecule has 0 radical (unpaired) electrons. The molecular formula is C85H96F6N7O13+3. The van der Waals surface area contributed by atoms with E-state index in [4.69, 9.17) is 31.4 Å². The zero-order valence-electron chi connectivity index (χ0n) is 64.8. The molecule has 20 nitrogen and oxygen atoms in total. The van der Waals surface area contributed by atoms with Crippen LogP contribution in [0.25, 0.3) is 17.3 Å². The number of esters is 2. The summed E-state index contributed by atoms with van der Waals surface area (Å²) in [4.78, 5) is 83.9. The molecule has 9 rings (SSSR count). The van der Waals surface area contributed by atoms with E-state index in [0.717, 1.165) is 65.8 Å². The minimum atomic E-state index is -0.979. The molecule has 3 amide bonds. The molecule has 6 aromatic carbocycles. The summed E-state index contributed by atoms with van der Waals surface area (Å²) in [5.74, 6) is -10.5. The fourth-order valence-corrected chi connectivity index (χ4v) is 11.5. The summed E-state index contributed by atoms with van der Waals surface area (Å²) in [7, 11) is 4.52. The summed E-state index contributed by atoms with van der Waals surface area (Å²) < 4.78 is 91.1. The van der Waals surface area contributed by atoms with Gasteiger partial charge in [-0.3, -0.25) is 14.4 Å². The number of aldehydes is 1. The van der Waals surface area contributed by atoms with Crippen LogP contribution >= 0.6 is 0 Å². The predicted octanol–water partition coefficient (Wildman–Crippen LogP) is 16.8. The number of hydrogen-bond donors (Lipinski definition) is 8. The van der Waals surface area contributed by atoms with Gasteiger partial charge >= 0.3 is 35.6 Å². The smallest absolute Gasteiger partial charge is 0.349 e. The molecule has 588 valence electrons. The summed E-state index contributed by atoms with van der Waals surface area (Å²) >= 11 is 0. The van der Waals surface area contributed by atoms with Crippen molar-refractivity contribution in [2.24, 2.45) is 16.6 Å². The van der Waals surface area contributed by atoms with Crippen molar-refractivity contribution in [1.29, 1.82) is 16.2 Å². The first-order valence-corrected chi connectivity index (χ1v) is 35.3. The summed E-state index contributed by atoms with van der Waals surface area (Å²) in [5, 5.41) is 67.1. The number of carbonyl (C=O) groups is 7. The topological polar surface area (TPSA) is 316 Å². The van der Waals surface area contributed by atoms with Crippen LogP contribution in [0.15, 0.2) is 181 Å². The number of ether oxygens (including phenoxy) is 2. The number of carboxylic acids is 1. The summed E-state index contributed by atoms with van der Waals surface area (Å²) in [5.41, 5.74) is 5.36. The quantitative estimate of drug-likeness (QED) is 0.0123. The van der Waals surface area contributed by atoms with Gasteiger partial charge in [0.2, 0.25) is 17.5 Å². The van der Waals surface area contributed by atoms with Crippen molar-refractivity contribution in [3.8, 4) is 0 Å². The molecule has 0 fully saturated rings. The molecular weight excluding hydrogens is 1440 g/mol. The van der Waals surface area contributed by atoms with Crippen LogP contribution < -0.4 is 19.2 Å². The fraction of sp³-hybridized carbons (Fsp3) is 0.318. The average molecular weight is 1540 g/mol. The average Bonchev–Trinajstić information content (AvgIpc) is 0.761. The molecule has 0 aromatic heterocycles. The van der Waals surface area contributed by atoms with E-state index in [2.05, 4.69) is 0 Å². The van der Waals surface area contributed by atoms with Gasteiger partial charge in [0.15, 0.2) is 0 Å². The Hall–Kier alpha value is -11.3. The number of nitrogens with one attached hydrogen (secondary N) is 3.